The van der Waals surface area contributed by atoms with E-state index in [1.807, 2.05) is 25.1 Å². The van der Waals surface area contributed by atoms with E-state index in [4.69, 9.17) is 18.9 Å². The molecule has 0 spiro atoms. The molecular weight excluding hydrogens is 434 g/mol. The third-order valence-electron chi connectivity index (χ3n) is 4.99. The Morgan fingerprint density at radius 3 is 2.03 bits per heavy atom. The van der Waals surface area contributed by atoms with E-state index in [0.717, 1.165) is 5.56 Å². The highest BCUT2D eigenvalue weighted by Gasteiger charge is 2.24. The highest BCUT2D eigenvalue weighted by atomic mass is 16.5. The van der Waals surface area contributed by atoms with Gasteiger partial charge in [-0.05, 0) is 42.8 Å². The fourth-order valence-corrected chi connectivity index (χ4v) is 3.26. The van der Waals surface area contributed by atoms with Gasteiger partial charge < -0.3 is 24.3 Å². The highest BCUT2D eigenvalue weighted by molar-refractivity contribution is 5.97. The van der Waals surface area contributed by atoms with Gasteiger partial charge in [-0.1, -0.05) is 48.0 Å². The molecule has 0 bridgehead atoms. The van der Waals surface area contributed by atoms with Crippen molar-refractivity contribution in [2.24, 2.45) is 0 Å². The summed E-state index contributed by atoms with van der Waals surface area (Å²) >= 11 is 0. The Hall–Kier alpha value is -4.26. The van der Waals surface area contributed by atoms with E-state index in [1.165, 1.54) is 27.4 Å². The van der Waals surface area contributed by atoms with Crippen molar-refractivity contribution in [2.45, 2.75) is 13.0 Å². The van der Waals surface area contributed by atoms with Crippen LogP contribution < -0.4 is 19.5 Å². The summed E-state index contributed by atoms with van der Waals surface area (Å²) < 4.78 is 21.5. The normalized spacial score (nSPS) is 11.5. The zero-order chi connectivity index (χ0) is 24.5. The predicted octanol–water partition coefficient (Wildman–Crippen LogP) is 4.96. The van der Waals surface area contributed by atoms with Crippen LogP contribution in [0.15, 0.2) is 72.8 Å². The standard InChI is InChI=1S/C27H27NO6/c1-18-10-13-21(14-11-18)28-27(30)25(20-8-6-5-7-9-20)34-24(29)15-12-19-16-22(31-2)26(33-4)23(17-19)32-3/h5-17,25H,1-4H3,(H,28,30)/b15-12+. The maximum absolute atomic E-state index is 13.0. The molecule has 0 aliphatic rings. The van der Waals surface area contributed by atoms with Crippen LogP contribution >= 0.6 is 0 Å². The minimum atomic E-state index is -1.13. The third kappa shape index (κ3) is 6.16. The third-order valence-corrected chi connectivity index (χ3v) is 4.99. The summed E-state index contributed by atoms with van der Waals surface area (Å²) in [4.78, 5) is 25.6. The Labute approximate surface area is 198 Å². The first-order chi connectivity index (χ1) is 16.4. The lowest BCUT2D eigenvalue weighted by molar-refractivity contribution is -0.149. The number of ether oxygens (including phenoxy) is 4. The summed E-state index contributed by atoms with van der Waals surface area (Å²) in [5.41, 5.74) is 2.87. The van der Waals surface area contributed by atoms with Crippen LogP contribution in [-0.4, -0.2) is 33.2 Å². The molecule has 1 N–H and O–H groups in total. The summed E-state index contributed by atoms with van der Waals surface area (Å²) in [6.45, 7) is 1.96. The second-order valence-corrected chi connectivity index (χ2v) is 7.37. The molecular formula is C27H27NO6. The van der Waals surface area contributed by atoms with Gasteiger partial charge >= 0.3 is 5.97 Å². The fraction of sp³-hybridized carbons (Fsp3) is 0.185. The average Bonchev–Trinajstić information content (AvgIpc) is 2.87. The van der Waals surface area contributed by atoms with E-state index in [0.29, 0.717) is 34.1 Å². The van der Waals surface area contributed by atoms with Crippen LogP contribution in [0.2, 0.25) is 0 Å². The lowest BCUT2D eigenvalue weighted by Gasteiger charge is -2.17. The summed E-state index contributed by atoms with van der Waals surface area (Å²) in [5.74, 6) is 0.219. The lowest BCUT2D eigenvalue weighted by Crippen LogP contribution is -2.25. The zero-order valence-electron chi connectivity index (χ0n) is 19.5. The molecule has 0 aliphatic carbocycles. The SMILES string of the molecule is COc1cc(/C=C/C(=O)OC(C(=O)Nc2ccc(C)cc2)c2ccccc2)cc(OC)c1OC. The summed E-state index contributed by atoms with van der Waals surface area (Å²) in [6.07, 6.45) is 1.67. The molecule has 3 aromatic rings. The smallest absolute Gasteiger partial charge is 0.331 e. The fourth-order valence-electron chi connectivity index (χ4n) is 3.26. The molecule has 34 heavy (non-hydrogen) atoms. The lowest BCUT2D eigenvalue weighted by atomic mass is 10.1. The Morgan fingerprint density at radius 2 is 1.47 bits per heavy atom. The average molecular weight is 462 g/mol. The maximum atomic E-state index is 13.0. The number of benzene rings is 3. The van der Waals surface area contributed by atoms with Gasteiger partial charge in [0.25, 0.3) is 5.91 Å². The van der Waals surface area contributed by atoms with E-state index in [1.54, 1.807) is 54.6 Å². The van der Waals surface area contributed by atoms with Crippen molar-refractivity contribution in [3.8, 4) is 17.2 Å². The van der Waals surface area contributed by atoms with E-state index in [9.17, 15) is 9.59 Å². The summed E-state index contributed by atoms with van der Waals surface area (Å²) in [6, 6.07) is 19.6. The molecule has 0 heterocycles. The van der Waals surface area contributed by atoms with Gasteiger partial charge in [0.1, 0.15) is 0 Å². The van der Waals surface area contributed by atoms with Crippen LogP contribution in [0.25, 0.3) is 6.08 Å². The van der Waals surface area contributed by atoms with E-state index >= 15 is 0 Å². The molecule has 1 amide bonds. The second-order valence-electron chi connectivity index (χ2n) is 7.37. The number of nitrogens with one attached hydrogen (secondary N) is 1. The molecule has 1 unspecified atom stereocenters. The Bertz CT molecular complexity index is 1130. The van der Waals surface area contributed by atoms with Crippen LogP contribution in [-0.2, 0) is 14.3 Å². The molecule has 0 fully saturated rings. The largest absolute Gasteiger partial charge is 0.493 e. The molecule has 0 aromatic heterocycles. The Balaban J connectivity index is 1.80. The van der Waals surface area contributed by atoms with Crippen molar-refractivity contribution in [1.82, 2.24) is 0 Å². The van der Waals surface area contributed by atoms with Gasteiger partial charge in [-0.3, -0.25) is 4.79 Å². The van der Waals surface area contributed by atoms with Crippen molar-refractivity contribution in [3.63, 3.8) is 0 Å². The molecule has 0 aliphatic heterocycles. The monoisotopic (exact) mass is 461 g/mol. The molecule has 3 aromatic carbocycles. The Morgan fingerprint density at radius 1 is 0.853 bits per heavy atom. The van der Waals surface area contributed by atoms with Gasteiger partial charge in [0.15, 0.2) is 11.5 Å². The van der Waals surface area contributed by atoms with Gasteiger partial charge in [0.2, 0.25) is 11.9 Å². The summed E-state index contributed by atoms with van der Waals surface area (Å²) in [5, 5.41) is 2.80. The van der Waals surface area contributed by atoms with E-state index in [2.05, 4.69) is 5.32 Å². The number of rotatable bonds is 9. The van der Waals surface area contributed by atoms with Crippen LogP contribution in [0.5, 0.6) is 17.2 Å². The molecule has 1 atom stereocenters. The Kier molecular flexibility index (Phi) is 8.29. The van der Waals surface area contributed by atoms with Gasteiger partial charge in [0.05, 0.1) is 21.3 Å². The molecule has 7 heteroatoms. The first kappa shape index (κ1) is 24.4. The number of carbonyl (C=O) groups is 2. The van der Waals surface area contributed by atoms with Crippen molar-refractivity contribution in [2.75, 3.05) is 26.6 Å². The first-order valence-electron chi connectivity index (χ1n) is 10.6. The van der Waals surface area contributed by atoms with Gasteiger partial charge in [-0.2, -0.15) is 0 Å². The number of hydrogen-bond acceptors (Lipinski definition) is 6. The van der Waals surface area contributed by atoms with Crippen molar-refractivity contribution in [3.05, 3.63) is 89.5 Å². The predicted molar refractivity (Wildman–Crippen MR) is 130 cm³/mol. The van der Waals surface area contributed by atoms with Gasteiger partial charge in [-0.15, -0.1) is 0 Å². The molecule has 3 rings (SSSR count). The van der Waals surface area contributed by atoms with Crippen molar-refractivity contribution >= 4 is 23.6 Å². The number of amides is 1. The highest BCUT2D eigenvalue weighted by Crippen LogP contribution is 2.38. The van der Waals surface area contributed by atoms with Crippen LogP contribution in [0.4, 0.5) is 5.69 Å². The number of anilines is 1. The van der Waals surface area contributed by atoms with Crippen molar-refractivity contribution < 1.29 is 28.5 Å². The topological polar surface area (TPSA) is 83.1 Å². The summed E-state index contributed by atoms with van der Waals surface area (Å²) in [7, 11) is 4.53. The molecule has 7 nitrogen and oxygen atoms in total. The minimum Gasteiger partial charge on any atom is -0.493 e. The second kappa shape index (κ2) is 11.6. The van der Waals surface area contributed by atoms with Gasteiger partial charge in [-0.25, -0.2) is 4.79 Å². The van der Waals surface area contributed by atoms with Crippen LogP contribution in [0.1, 0.15) is 22.8 Å². The number of aryl methyl sites for hydroxylation is 1. The molecule has 0 saturated heterocycles. The van der Waals surface area contributed by atoms with Gasteiger partial charge in [0, 0.05) is 17.3 Å². The van der Waals surface area contributed by atoms with Crippen LogP contribution in [0.3, 0.4) is 0 Å². The quantitative estimate of drug-likeness (QED) is 0.358. The van der Waals surface area contributed by atoms with Crippen LogP contribution in [0, 0.1) is 6.92 Å². The zero-order valence-corrected chi connectivity index (χ0v) is 19.5. The molecule has 0 saturated carbocycles. The minimum absolute atomic E-state index is 0.446. The van der Waals surface area contributed by atoms with E-state index < -0.39 is 18.0 Å². The molecule has 0 radical (unpaired) electrons. The number of hydrogen-bond donors (Lipinski definition) is 1. The van der Waals surface area contributed by atoms with E-state index in [-0.39, 0.29) is 0 Å². The number of carbonyl (C=O) groups excluding carboxylic acids is 2. The molecule has 176 valence electrons. The maximum Gasteiger partial charge on any atom is 0.331 e. The number of methoxy groups -OCH3 is 3. The first-order valence-corrected chi connectivity index (χ1v) is 10.6. The van der Waals surface area contributed by atoms with Crippen molar-refractivity contribution in [1.29, 1.82) is 0 Å². The number of esters is 1.